The van der Waals surface area contributed by atoms with E-state index >= 15 is 0 Å². The molecule has 0 aliphatic carbocycles. The van der Waals surface area contributed by atoms with Gasteiger partial charge in [0.25, 0.3) is 5.91 Å². The van der Waals surface area contributed by atoms with E-state index < -0.39 is 11.7 Å². The van der Waals surface area contributed by atoms with Gasteiger partial charge in [0, 0.05) is 30.4 Å². The number of carbonyl (C=O) groups excluding carboxylic acids is 1. The molecule has 4 heterocycles. The molecule has 0 spiro atoms. The van der Waals surface area contributed by atoms with Crippen molar-refractivity contribution in [1.29, 1.82) is 0 Å². The lowest BCUT2D eigenvalue weighted by Gasteiger charge is -2.56. The van der Waals surface area contributed by atoms with Gasteiger partial charge >= 0.3 is 6.18 Å². The second kappa shape index (κ2) is 6.21. The van der Waals surface area contributed by atoms with Gasteiger partial charge in [0.2, 0.25) is 0 Å². The van der Waals surface area contributed by atoms with E-state index in [-0.39, 0.29) is 23.6 Å². The van der Waals surface area contributed by atoms with Crippen LogP contribution in [-0.2, 0) is 6.18 Å². The van der Waals surface area contributed by atoms with Crippen molar-refractivity contribution in [2.75, 3.05) is 18.0 Å². The standard InChI is InChI=1S/C19H19F3N4O/c1-11-6-17(24-12(2)23-11)25-9-15-8-16(10-25)26(15)18(27)13-4-3-5-14(7-13)19(20,21)22/h3-7,15-16H,8-10H2,1-2H3. The van der Waals surface area contributed by atoms with E-state index in [2.05, 4.69) is 14.9 Å². The number of alkyl halides is 3. The number of amides is 1. The van der Waals surface area contributed by atoms with Crippen LogP contribution in [0.4, 0.5) is 19.0 Å². The zero-order valence-electron chi connectivity index (χ0n) is 15.0. The fraction of sp³-hybridized carbons (Fsp3) is 0.421. The van der Waals surface area contributed by atoms with E-state index in [1.807, 2.05) is 19.9 Å². The van der Waals surface area contributed by atoms with Crippen molar-refractivity contribution < 1.29 is 18.0 Å². The van der Waals surface area contributed by atoms with Crippen LogP contribution in [0.25, 0.3) is 0 Å². The molecule has 1 aromatic carbocycles. The SMILES string of the molecule is Cc1cc(N2CC3CC(C2)N3C(=O)c2cccc(C(F)(F)F)c2)nc(C)n1. The number of rotatable bonds is 2. The number of anilines is 1. The minimum Gasteiger partial charge on any atom is -0.352 e. The van der Waals surface area contributed by atoms with E-state index in [1.54, 1.807) is 4.90 Å². The molecule has 5 nitrogen and oxygen atoms in total. The molecule has 2 unspecified atom stereocenters. The van der Waals surface area contributed by atoms with Crippen LogP contribution in [0, 0.1) is 13.8 Å². The molecule has 1 amide bonds. The van der Waals surface area contributed by atoms with E-state index in [4.69, 9.17) is 0 Å². The summed E-state index contributed by atoms with van der Waals surface area (Å²) in [5.74, 6) is 1.19. The van der Waals surface area contributed by atoms with Gasteiger partial charge in [-0.1, -0.05) is 6.07 Å². The highest BCUT2D eigenvalue weighted by atomic mass is 19.4. The van der Waals surface area contributed by atoms with Crippen molar-refractivity contribution in [3.63, 3.8) is 0 Å². The molecule has 0 radical (unpaired) electrons. The summed E-state index contributed by atoms with van der Waals surface area (Å²) in [5, 5.41) is 0. The Morgan fingerprint density at radius 1 is 1.11 bits per heavy atom. The highest BCUT2D eigenvalue weighted by molar-refractivity contribution is 5.95. The maximum Gasteiger partial charge on any atom is 0.416 e. The van der Waals surface area contributed by atoms with Gasteiger partial charge in [0.15, 0.2) is 0 Å². The molecule has 2 aromatic rings. The molecule has 2 bridgehead atoms. The predicted octanol–water partition coefficient (Wildman–Crippen LogP) is 3.22. The van der Waals surface area contributed by atoms with Gasteiger partial charge in [-0.15, -0.1) is 0 Å². The number of aryl methyl sites for hydroxylation is 2. The second-order valence-electron chi connectivity index (χ2n) is 7.15. The van der Waals surface area contributed by atoms with Crippen molar-refractivity contribution in [3.8, 4) is 0 Å². The first-order chi connectivity index (χ1) is 12.7. The van der Waals surface area contributed by atoms with Crippen LogP contribution in [0.1, 0.15) is 33.9 Å². The van der Waals surface area contributed by atoms with Crippen LogP contribution < -0.4 is 4.90 Å². The van der Waals surface area contributed by atoms with Crippen LogP contribution >= 0.6 is 0 Å². The molecule has 0 N–H and O–H groups in total. The summed E-state index contributed by atoms with van der Waals surface area (Å²) in [4.78, 5) is 25.4. The van der Waals surface area contributed by atoms with E-state index in [9.17, 15) is 18.0 Å². The number of nitrogens with zero attached hydrogens (tertiary/aromatic N) is 4. The first-order valence-electron chi connectivity index (χ1n) is 8.79. The van der Waals surface area contributed by atoms with Crippen LogP contribution in [0.3, 0.4) is 0 Å². The molecular weight excluding hydrogens is 357 g/mol. The lowest BCUT2D eigenvalue weighted by Crippen LogP contribution is -2.70. The Morgan fingerprint density at radius 3 is 2.44 bits per heavy atom. The normalized spacial score (nSPS) is 21.8. The van der Waals surface area contributed by atoms with Crippen LogP contribution in [0.2, 0.25) is 0 Å². The van der Waals surface area contributed by atoms with Crippen molar-refractivity contribution >= 4 is 11.7 Å². The summed E-state index contributed by atoms with van der Waals surface area (Å²) in [6.07, 6.45) is -3.59. The second-order valence-corrected chi connectivity index (χ2v) is 7.15. The van der Waals surface area contributed by atoms with Gasteiger partial charge < -0.3 is 9.80 Å². The Hall–Kier alpha value is -2.64. The largest absolute Gasteiger partial charge is 0.416 e. The van der Waals surface area contributed by atoms with Crippen molar-refractivity contribution in [2.24, 2.45) is 0 Å². The van der Waals surface area contributed by atoms with Crippen molar-refractivity contribution in [1.82, 2.24) is 14.9 Å². The van der Waals surface area contributed by atoms with Gasteiger partial charge in [0.1, 0.15) is 11.6 Å². The highest BCUT2D eigenvalue weighted by Crippen LogP contribution is 2.36. The molecule has 2 atom stereocenters. The number of benzene rings is 1. The number of fused-ring (bicyclic) bond motifs is 2. The quantitative estimate of drug-likeness (QED) is 0.808. The number of aromatic nitrogens is 2. The Bertz CT molecular complexity index is 867. The fourth-order valence-corrected chi connectivity index (χ4v) is 3.97. The summed E-state index contributed by atoms with van der Waals surface area (Å²) in [6.45, 7) is 4.99. The summed E-state index contributed by atoms with van der Waals surface area (Å²) in [5.41, 5.74) is 0.169. The minimum atomic E-state index is -4.46. The van der Waals surface area contributed by atoms with Crippen molar-refractivity contribution in [2.45, 2.75) is 38.5 Å². The van der Waals surface area contributed by atoms with Crippen LogP contribution in [0.5, 0.6) is 0 Å². The number of halogens is 3. The zero-order chi connectivity index (χ0) is 19.3. The lowest BCUT2D eigenvalue weighted by atomic mass is 9.86. The zero-order valence-corrected chi connectivity index (χ0v) is 15.0. The maximum atomic E-state index is 12.9. The molecular formula is C19H19F3N4O. The third kappa shape index (κ3) is 3.24. The molecule has 1 aromatic heterocycles. The number of hydrogen-bond donors (Lipinski definition) is 0. The molecule has 3 aliphatic rings. The van der Waals surface area contributed by atoms with Crippen LogP contribution in [0.15, 0.2) is 30.3 Å². The Kier molecular flexibility index (Phi) is 4.09. The smallest absolute Gasteiger partial charge is 0.352 e. The van der Waals surface area contributed by atoms with E-state index in [0.29, 0.717) is 18.9 Å². The number of piperidine rings is 1. The Morgan fingerprint density at radius 2 is 1.81 bits per heavy atom. The number of carbonyl (C=O) groups is 1. The van der Waals surface area contributed by atoms with Crippen molar-refractivity contribution in [3.05, 3.63) is 53.0 Å². The van der Waals surface area contributed by atoms with Gasteiger partial charge in [-0.05, 0) is 38.5 Å². The minimum absolute atomic E-state index is 0.0126. The fourth-order valence-electron chi connectivity index (χ4n) is 3.97. The maximum absolute atomic E-state index is 12.9. The molecule has 3 fully saturated rings. The predicted molar refractivity (Wildman–Crippen MR) is 93.5 cm³/mol. The first-order valence-corrected chi connectivity index (χ1v) is 8.79. The van der Waals surface area contributed by atoms with E-state index in [1.165, 1.54) is 12.1 Å². The summed E-state index contributed by atoms with van der Waals surface area (Å²) in [7, 11) is 0. The molecule has 0 saturated carbocycles. The summed E-state index contributed by atoms with van der Waals surface area (Å²) < 4.78 is 38.8. The molecule has 3 saturated heterocycles. The van der Waals surface area contributed by atoms with Crippen LogP contribution in [-0.4, -0.2) is 45.9 Å². The van der Waals surface area contributed by atoms with Gasteiger partial charge in [0.05, 0.1) is 17.6 Å². The summed E-state index contributed by atoms with van der Waals surface area (Å²) in [6, 6.07) is 6.53. The average molecular weight is 376 g/mol. The Balaban J connectivity index is 1.51. The molecule has 142 valence electrons. The molecule has 27 heavy (non-hydrogen) atoms. The molecule has 5 rings (SSSR count). The van der Waals surface area contributed by atoms with E-state index in [0.717, 1.165) is 30.1 Å². The monoisotopic (exact) mass is 376 g/mol. The first kappa shape index (κ1) is 17.8. The topological polar surface area (TPSA) is 49.3 Å². The third-order valence-electron chi connectivity index (χ3n) is 5.14. The molecule has 8 heteroatoms. The Labute approximate surface area is 154 Å². The number of piperazine rings is 1. The van der Waals surface area contributed by atoms with Gasteiger partial charge in [-0.3, -0.25) is 4.79 Å². The van der Waals surface area contributed by atoms with Gasteiger partial charge in [-0.25, -0.2) is 9.97 Å². The lowest BCUT2D eigenvalue weighted by molar-refractivity contribution is -0.137. The van der Waals surface area contributed by atoms with Gasteiger partial charge in [-0.2, -0.15) is 13.2 Å². The summed E-state index contributed by atoms with van der Waals surface area (Å²) >= 11 is 0. The number of hydrogen-bond acceptors (Lipinski definition) is 4. The average Bonchev–Trinajstić information content (AvgIpc) is 2.60. The highest BCUT2D eigenvalue weighted by Gasteiger charge is 2.48. The molecule has 3 aliphatic heterocycles. The third-order valence-corrected chi connectivity index (χ3v) is 5.14.